The Labute approximate surface area is 132 Å². The van der Waals surface area contributed by atoms with Crippen LogP contribution < -0.4 is 10.6 Å². The monoisotopic (exact) mass is 347 g/mol. The number of nitrogen functional groups attached to an aromatic ring is 1. The van der Waals surface area contributed by atoms with Crippen LogP contribution in [0.1, 0.15) is 12.8 Å². The van der Waals surface area contributed by atoms with Gasteiger partial charge >= 0.3 is 0 Å². The Morgan fingerprint density at radius 1 is 1.29 bits per heavy atom. The predicted octanol–water partition coefficient (Wildman–Crippen LogP) is 2.79. The molecule has 3 unspecified atom stereocenters. The first kappa shape index (κ1) is 13.3. The molecule has 110 valence electrons. The highest BCUT2D eigenvalue weighted by atomic mass is 79.9. The lowest BCUT2D eigenvalue weighted by molar-refractivity contribution is 0.133. The molecule has 0 radical (unpaired) electrons. The second kappa shape index (κ2) is 4.85. The van der Waals surface area contributed by atoms with Crippen molar-refractivity contribution in [3.05, 3.63) is 28.9 Å². The third-order valence-corrected chi connectivity index (χ3v) is 5.42. The summed E-state index contributed by atoms with van der Waals surface area (Å²) < 4.78 is 0.938. The van der Waals surface area contributed by atoms with Gasteiger partial charge in [0.15, 0.2) is 0 Å². The molecule has 1 aromatic heterocycles. The zero-order valence-electron chi connectivity index (χ0n) is 11.7. The number of anilines is 2. The van der Waals surface area contributed by atoms with Crippen molar-refractivity contribution in [2.45, 2.75) is 18.9 Å². The molecule has 2 fully saturated rings. The molecule has 2 aliphatic rings. The zero-order chi connectivity index (χ0) is 14.6. The van der Waals surface area contributed by atoms with Gasteiger partial charge in [0.05, 0.1) is 17.3 Å². The van der Waals surface area contributed by atoms with E-state index in [0.29, 0.717) is 11.8 Å². The summed E-state index contributed by atoms with van der Waals surface area (Å²) >= 11 is 3.46. The molecule has 4 rings (SSSR count). The SMILES string of the molecule is Nc1ccc(N2CC3CCC(O)C3C2)c2ncc(Br)cc12. The van der Waals surface area contributed by atoms with Crippen molar-refractivity contribution in [1.29, 1.82) is 0 Å². The third kappa shape index (κ3) is 2.10. The van der Waals surface area contributed by atoms with Crippen LogP contribution in [0.2, 0.25) is 0 Å². The average Bonchev–Trinajstić information content (AvgIpc) is 3.03. The maximum absolute atomic E-state index is 10.1. The van der Waals surface area contributed by atoms with Crippen molar-refractivity contribution >= 4 is 38.2 Å². The molecule has 3 N–H and O–H groups in total. The summed E-state index contributed by atoms with van der Waals surface area (Å²) in [6.07, 6.45) is 3.77. The highest BCUT2D eigenvalue weighted by molar-refractivity contribution is 9.10. The lowest BCUT2D eigenvalue weighted by atomic mass is 10.00. The summed E-state index contributed by atoms with van der Waals surface area (Å²) in [5.41, 5.74) is 8.92. The summed E-state index contributed by atoms with van der Waals surface area (Å²) in [6, 6.07) is 6.04. The summed E-state index contributed by atoms with van der Waals surface area (Å²) in [4.78, 5) is 6.93. The first-order valence-corrected chi connectivity index (χ1v) is 8.19. The minimum absolute atomic E-state index is 0.137. The quantitative estimate of drug-likeness (QED) is 0.778. The predicted molar refractivity (Wildman–Crippen MR) is 88.3 cm³/mol. The normalized spacial score (nSPS) is 28.3. The molecule has 4 nitrogen and oxygen atoms in total. The van der Waals surface area contributed by atoms with Crippen LogP contribution in [-0.4, -0.2) is 29.3 Å². The van der Waals surface area contributed by atoms with Crippen molar-refractivity contribution in [3.63, 3.8) is 0 Å². The van der Waals surface area contributed by atoms with Crippen molar-refractivity contribution in [2.75, 3.05) is 23.7 Å². The highest BCUT2D eigenvalue weighted by Gasteiger charge is 2.42. The van der Waals surface area contributed by atoms with Gasteiger partial charge in [0.25, 0.3) is 0 Å². The van der Waals surface area contributed by atoms with Crippen LogP contribution in [0.3, 0.4) is 0 Å². The standard InChI is InChI=1S/C16H18BrN3O/c17-10-5-11-13(18)2-3-14(16(11)19-6-10)20-7-9-1-4-15(21)12(9)8-20/h2-3,5-6,9,12,15,21H,1,4,7-8,18H2. The van der Waals surface area contributed by atoms with E-state index in [1.54, 1.807) is 0 Å². The number of halogens is 1. The molecular formula is C16H18BrN3O. The van der Waals surface area contributed by atoms with Gasteiger partial charge in [0.1, 0.15) is 0 Å². The Morgan fingerprint density at radius 2 is 2.14 bits per heavy atom. The van der Waals surface area contributed by atoms with E-state index >= 15 is 0 Å². The number of fused-ring (bicyclic) bond motifs is 2. The van der Waals surface area contributed by atoms with Gasteiger partial charge in [-0.2, -0.15) is 0 Å². The number of hydrogen-bond donors (Lipinski definition) is 2. The Hall–Kier alpha value is -1.33. The molecule has 3 atom stereocenters. The number of aliphatic hydroxyl groups is 1. The van der Waals surface area contributed by atoms with Crippen LogP contribution in [0.25, 0.3) is 10.9 Å². The smallest absolute Gasteiger partial charge is 0.0956 e. The number of rotatable bonds is 1. The summed E-state index contributed by atoms with van der Waals surface area (Å²) in [7, 11) is 0. The van der Waals surface area contributed by atoms with Crippen molar-refractivity contribution < 1.29 is 5.11 Å². The molecule has 1 saturated heterocycles. The molecule has 1 saturated carbocycles. The lowest BCUT2D eigenvalue weighted by Crippen LogP contribution is -2.24. The molecular weight excluding hydrogens is 330 g/mol. The van der Waals surface area contributed by atoms with E-state index in [0.717, 1.165) is 52.7 Å². The minimum Gasteiger partial charge on any atom is -0.398 e. The average molecular weight is 348 g/mol. The Morgan fingerprint density at radius 3 is 2.95 bits per heavy atom. The fraction of sp³-hybridized carbons (Fsp3) is 0.438. The Balaban J connectivity index is 1.76. The van der Waals surface area contributed by atoms with Crippen molar-refractivity contribution in [1.82, 2.24) is 4.98 Å². The van der Waals surface area contributed by atoms with E-state index in [1.165, 1.54) is 0 Å². The van der Waals surface area contributed by atoms with Crippen LogP contribution >= 0.6 is 15.9 Å². The Kier molecular flexibility index (Phi) is 3.08. The lowest BCUT2D eigenvalue weighted by Gasteiger charge is -2.22. The number of aromatic nitrogens is 1. The number of nitrogens with zero attached hydrogens (tertiary/aromatic N) is 2. The fourth-order valence-corrected chi connectivity index (χ4v) is 4.22. The van der Waals surface area contributed by atoms with E-state index in [-0.39, 0.29) is 6.10 Å². The zero-order valence-corrected chi connectivity index (χ0v) is 13.3. The molecule has 0 bridgehead atoms. The maximum Gasteiger partial charge on any atom is 0.0956 e. The molecule has 2 heterocycles. The highest BCUT2D eigenvalue weighted by Crippen LogP contribution is 2.41. The first-order chi connectivity index (χ1) is 10.1. The number of pyridine rings is 1. The van der Waals surface area contributed by atoms with Gasteiger partial charge in [-0.3, -0.25) is 4.98 Å². The third-order valence-electron chi connectivity index (χ3n) is 4.99. The van der Waals surface area contributed by atoms with Gasteiger partial charge < -0.3 is 15.7 Å². The molecule has 5 heteroatoms. The summed E-state index contributed by atoms with van der Waals surface area (Å²) in [5, 5.41) is 11.1. The number of nitrogens with two attached hydrogens (primary N) is 1. The van der Waals surface area contributed by atoms with Crippen LogP contribution in [-0.2, 0) is 0 Å². The molecule has 21 heavy (non-hydrogen) atoms. The van der Waals surface area contributed by atoms with Gasteiger partial charge in [-0.1, -0.05) is 0 Å². The molecule has 2 aromatic rings. The van der Waals surface area contributed by atoms with Gasteiger partial charge in [-0.05, 0) is 52.9 Å². The topological polar surface area (TPSA) is 62.4 Å². The summed E-state index contributed by atoms with van der Waals surface area (Å²) in [6.45, 7) is 1.93. The fourth-order valence-electron chi connectivity index (χ4n) is 3.89. The molecule has 1 aromatic carbocycles. The van der Waals surface area contributed by atoms with Crippen LogP contribution in [0.5, 0.6) is 0 Å². The second-order valence-electron chi connectivity index (χ2n) is 6.20. The number of aliphatic hydroxyl groups excluding tert-OH is 1. The molecule has 1 aliphatic carbocycles. The van der Waals surface area contributed by atoms with Gasteiger partial charge in [-0.15, -0.1) is 0 Å². The minimum atomic E-state index is -0.137. The van der Waals surface area contributed by atoms with Crippen molar-refractivity contribution in [3.8, 4) is 0 Å². The molecule has 1 aliphatic heterocycles. The van der Waals surface area contributed by atoms with Crippen molar-refractivity contribution in [2.24, 2.45) is 11.8 Å². The van der Waals surface area contributed by atoms with Gasteiger partial charge in [-0.25, -0.2) is 0 Å². The van der Waals surface area contributed by atoms with E-state index in [1.807, 2.05) is 18.3 Å². The largest absolute Gasteiger partial charge is 0.398 e. The number of hydrogen-bond acceptors (Lipinski definition) is 4. The van der Waals surface area contributed by atoms with E-state index in [2.05, 4.69) is 31.9 Å². The molecule has 0 amide bonds. The van der Waals surface area contributed by atoms with E-state index in [9.17, 15) is 5.11 Å². The molecule has 0 spiro atoms. The van der Waals surface area contributed by atoms with Crippen LogP contribution in [0.15, 0.2) is 28.9 Å². The number of benzene rings is 1. The second-order valence-corrected chi connectivity index (χ2v) is 7.11. The van der Waals surface area contributed by atoms with Gasteiger partial charge in [0, 0.05) is 40.8 Å². The van der Waals surface area contributed by atoms with Gasteiger partial charge in [0.2, 0.25) is 0 Å². The Bertz CT molecular complexity index is 705. The maximum atomic E-state index is 10.1. The first-order valence-electron chi connectivity index (χ1n) is 7.40. The summed E-state index contributed by atoms with van der Waals surface area (Å²) in [5.74, 6) is 1.02. The van der Waals surface area contributed by atoms with Crippen LogP contribution in [0, 0.1) is 11.8 Å². The van der Waals surface area contributed by atoms with Crippen LogP contribution in [0.4, 0.5) is 11.4 Å². The van der Waals surface area contributed by atoms with E-state index < -0.39 is 0 Å². The van der Waals surface area contributed by atoms with E-state index in [4.69, 9.17) is 5.73 Å².